The normalized spacial score (nSPS) is 18.7. The van der Waals surface area contributed by atoms with E-state index in [0.29, 0.717) is 37.0 Å². The molecule has 1 aromatic heterocycles. The predicted molar refractivity (Wildman–Crippen MR) is 144 cm³/mol. The number of aromatic amines is 1. The number of benzene rings is 2. The number of para-hydroxylation sites is 1. The summed E-state index contributed by atoms with van der Waals surface area (Å²) in [6.45, 7) is 3.79. The maximum Gasteiger partial charge on any atom is 0.246 e. The summed E-state index contributed by atoms with van der Waals surface area (Å²) in [6.07, 6.45) is 9.60. The molecule has 2 aliphatic heterocycles. The van der Waals surface area contributed by atoms with Gasteiger partial charge in [-0.2, -0.15) is 0 Å². The highest BCUT2D eigenvalue weighted by atomic mass is 19.1. The van der Waals surface area contributed by atoms with Crippen molar-refractivity contribution in [2.24, 2.45) is 5.92 Å². The van der Waals surface area contributed by atoms with Gasteiger partial charge in [0.15, 0.2) is 0 Å². The van der Waals surface area contributed by atoms with Crippen molar-refractivity contribution in [2.75, 3.05) is 32.7 Å². The predicted octanol–water partition coefficient (Wildman–Crippen LogP) is 4.69. The molecular formula is C30H34F2N4O2. The third-order valence-electron chi connectivity index (χ3n) is 8.17. The van der Waals surface area contributed by atoms with Gasteiger partial charge in [-0.05, 0) is 86.0 Å². The number of hydrogen-bond donors (Lipinski definition) is 2. The van der Waals surface area contributed by atoms with E-state index in [-0.39, 0.29) is 11.9 Å². The van der Waals surface area contributed by atoms with Gasteiger partial charge in [-0.25, -0.2) is 8.78 Å². The number of H-pyrrole nitrogens is 1. The lowest BCUT2D eigenvalue weighted by molar-refractivity contribution is -0.127. The second-order valence-electron chi connectivity index (χ2n) is 10.4. The summed E-state index contributed by atoms with van der Waals surface area (Å²) in [5.74, 6) is -0.607. The molecule has 6 nitrogen and oxygen atoms in total. The average molecular weight is 521 g/mol. The van der Waals surface area contributed by atoms with Crippen molar-refractivity contribution in [2.45, 2.75) is 37.6 Å². The van der Waals surface area contributed by atoms with Gasteiger partial charge in [0.2, 0.25) is 12.3 Å². The van der Waals surface area contributed by atoms with Gasteiger partial charge in [-0.1, -0.05) is 18.2 Å². The van der Waals surface area contributed by atoms with E-state index in [1.165, 1.54) is 40.8 Å². The van der Waals surface area contributed by atoms with Crippen LogP contribution in [0, 0.1) is 17.6 Å². The van der Waals surface area contributed by atoms with Crippen molar-refractivity contribution in [1.29, 1.82) is 0 Å². The maximum absolute atomic E-state index is 13.4. The molecule has 2 fully saturated rings. The van der Waals surface area contributed by atoms with Gasteiger partial charge >= 0.3 is 0 Å². The molecule has 5 rings (SSSR count). The van der Waals surface area contributed by atoms with Crippen LogP contribution in [0.25, 0.3) is 17.0 Å². The van der Waals surface area contributed by atoms with Crippen molar-refractivity contribution >= 4 is 29.3 Å². The summed E-state index contributed by atoms with van der Waals surface area (Å²) in [5, 5.41) is 4.21. The Balaban J connectivity index is 1.17. The molecule has 2 amide bonds. The van der Waals surface area contributed by atoms with Crippen LogP contribution in [0.4, 0.5) is 8.78 Å². The second kappa shape index (κ2) is 11.9. The number of fused-ring (bicyclic) bond motifs is 1. The van der Waals surface area contributed by atoms with Gasteiger partial charge in [-0.3, -0.25) is 14.5 Å². The third kappa shape index (κ3) is 5.96. The Hall–Kier alpha value is -3.52. The Morgan fingerprint density at radius 3 is 2.45 bits per heavy atom. The number of hydrogen-bond acceptors (Lipinski definition) is 3. The molecule has 0 bridgehead atoms. The van der Waals surface area contributed by atoms with Crippen molar-refractivity contribution in [1.82, 2.24) is 20.1 Å². The van der Waals surface area contributed by atoms with E-state index in [1.54, 1.807) is 4.90 Å². The standard InChI is InChI=1S/C30H34F2N4O2/c31-24-15-21(16-25(32)17-24)5-6-30(38)36-13-9-23(10-14-36)29(19-33-20-37)35-11-7-22(8-12-35)27-18-34-28-4-2-1-3-26(27)28/h1-6,15-18,20,22-23,29,34H,7-14,19H2,(H,33,37). The molecule has 2 saturated heterocycles. The second-order valence-corrected chi connectivity index (χ2v) is 10.4. The van der Waals surface area contributed by atoms with Crippen LogP contribution in [0.3, 0.4) is 0 Å². The van der Waals surface area contributed by atoms with Crippen molar-refractivity contribution in [3.63, 3.8) is 0 Å². The van der Waals surface area contributed by atoms with Crippen molar-refractivity contribution < 1.29 is 18.4 Å². The van der Waals surface area contributed by atoms with Crippen LogP contribution in [-0.2, 0) is 9.59 Å². The molecule has 38 heavy (non-hydrogen) atoms. The fraction of sp³-hybridized carbons (Fsp3) is 0.400. The van der Waals surface area contributed by atoms with E-state index in [4.69, 9.17) is 0 Å². The van der Waals surface area contributed by atoms with Crippen LogP contribution in [-0.4, -0.2) is 65.9 Å². The molecule has 3 aromatic rings. The zero-order valence-electron chi connectivity index (χ0n) is 21.4. The number of carbonyl (C=O) groups is 2. The smallest absolute Gasteiger partial charge is 0.246 e. The molecule has 0 spiro atoms. The molecule has 0 radical (unpaired) electrons. The number of rotatable bonds is 8. The first-order valence-corrected chi connectivity index (χ1v) is 13.4. The lowest BCUT2D eigenvalue weighted by Gasteiger charge is -2.43. The van der Waals surface area contributed by atoms with Crippen molar-refractivity contribution in [3.05, 3.63) is 77.5 Å². The van der Waals surface area contributed by atoms with E-state index in [0.717, 1.165) is 51.2 Å². The number of nitrogens with zero attached hydrogens (tertiary/aromatic N) is 2. The number of amides is 2. The fourth-order valence-corrected chi connectivity index (χ4v) is 6.19. The first kappa shape index (κ1) is 26.1. The molecule has 0 saturated carbocycles. The molecule has 8 heteroatoms. The van der Waals surface area contributed by atoms with Gasteiger partial charge in [0.25, 0.3) is 0 Å². The van der Waals surface area contributed by atoms with Gasteiger partial charge in [0, 0.05) is 54.9 Å². The van der Waals surface area contributed by atoms with Crippen LogP contribution < -0.4 is 5.32 Å². The van der Waals surface area contributed by atoms with Gasteiger partial charge in [-0.15, -0.1) is 0 Å². The SMILES string of the molecule is O=CNCC(C1CCN(C(=O)C=Cc2cc(F)cc(F)c2)CC1)N1CCC(c2c[nH]c3ccccc23)CC1. The highest BCUT2D eigenvalue weighted by Gasteiger charge is 2.34. The number of carbonyl (C=O) groups excluding carboxylic acids is 2. The van der Waals surface area contributed by atoms with Crippen LogP contribution in [0.2, 0.25) is 0 Å². The molecule has 0 aliphatic carbocycles. The summed E-state index contributed by atoms with van der Waals surface area (Å²) in [4.78, 5) is 31.6. The minimum Gasteiger partial charge on any atom is -0.361 e. The first-order valence-electron chi connectivity index (χ1n) is 13.4. The molecule has 1 unspecified atom stereocenters. The summed E-state index contributed by atoms with van der Waals surface area (Å²) in [6, 6.07) is 11.9. The van der Waals surface area contributed by atoms with E-state index in [2.05, 4.69) is 45.7 Å². The lowest BCUT2D eigenvalue weighted by atomic mass is 9.84. The zero-order chi connectivity index (χ0) is 26.5. The summed E-state index contributed by atoms with van der Waals surface area (Å²) in [7, 11) is 0. The fourth-order valence-electron chi connectivity index (χ4n) is 6.19. The van der Waals surface area contributed by atoms with E-state index in [1.807, 2.05) is 0 Å². The molecule has 2 aromatic carbocycles. The third-order valence-corrected chi connectivity index (χ3v) is 8.17. The average Bonchev–Trinajstić information content (AvgIpc) is 3.36. The Labute approximate surface area is 221 Å². The number of nitrogens with one attached hydrogen (secondary N) is 2. The highest BCUT2D eigenvalue weighted by molar-refractivity contribution is 5.91. The molecule has 200 valence electrons. The van der Waals surface area contributed by atoms with Crippen LogP contribution in [0.5, 0.6) is 0 Å². The van der Waals surface area contributed by atoms with E-state index >= 15 is 0 Å². The molecular weight excluding hydrogens is 486 g/mol. The summed E-state index contributed by atoms with van der Waals surface area (Å²) >= 11 is 0. The maximum atomic E-state index is 13.4. The molecule has 2 aliphatic rings. The number of likely N-dealkylation sites (tertiary alicyclic amines) is 2. The van der Waals surface area contributed by atoms with E-state index in [9.17, 15) is 18.4 Å². The van der Waals surface area contributed by atoms with Crippen LogP contribution in [0.1, 0.15) is 42.7 Å². The Morgan fingerprint density at radius 2 is 1.74 bits per heavy atom. The topological polar surface area (TPSA) is 68.4 Å². The van der Waals surface area contributed by atoms with Crippen LogP contribution in [0.15, 0.2) is 54.7 Å². The molecule has 2 N–H and O–H groups in total. The monoisotopic (exact) mass is 520 g/mol. The number of halogens is 2. The Bertz CT molecular complexity index is 1270. The lowest BCUT2D eigenvalue weighted by Crippen LogP contribution is -2.52. The van der Waals surface area contributed by atoms with E-state index < -0.39 is 11.6 Å². The summed E-state index contributed by atoms with van der Waals surface area (Å²) < 4.78 is 26.8. The Kier molecular flexibility index (Phi) is 8.17. The van der Waals surface area contributed by atoms with Crippen LogP contribution >= 0.6 is 0 Å². The van der Waals surface area contributed by atoms with Gasteiger partial charge in [0.1, 0.15) is 11.6 Å². The summed E-state index contributed by atoms with van der Waals surface area (Å²) in [5.41, 5.74) is 2.89. The van der Waals surface area contributed by atoms with Gasteiger partial charge in [0.05, 0.1) is 0 Å². The van der Waals surface area contributed by atoms with Crippen molar-refractivity contribution in [3.8, 4) is 0 Å². The minimum absolute atomic E-state index is 0.157. The number of piperidine rings is 2. The number of aromatic nitrogens is 1. The minimum atomic E-state index is -0.668. The first-order chi connectivity index (χ1) is 18.5. The Morgan fingerprint density at radius 1 is 1.03 bits per heavy atom. The molecule has 3 heterocycles. The quantitative estimate of drug-likeness (QED) is 0.335. The molecule has 1 atom stereocenters. The van der Waals surface area contributed by atoms with Gasteiger partial charge < -0.3 is 15.2 Å². The highest BCUT2D eigenvalue weighted by Crippen LogP contribution is 2.35. The largest absolute Gasteiger partial charge is 0.361 e. The zero-order valence-corrected chi connectivity index (χ0v) is 21.4.